The zero-order valence-electron chi connectivity index (χ0n) is 11.6. The first-order chi connectivity index (χ1) is 9.99. The number of hydrogen-bond acceptors (Lipinski definition) is 3. The molecule has 0 heterocycles. The van der Waals surface area contributed by atoms with Gasteiger partial charge in [-0.25, -0.2) is 4.79 Å². The molecule has 5 heteroatoms. The molecule has 0 saturated carbocycles. The molecule has 0 saturated heterocycles. The highest BCUT2D eigenvalue weighted by Gasteiger charge is 2.24. The molecule has 0 radical (unpaired) electrons. The van der Waals surface area contributed by atoms with Gasteiger partial charge in [0.05, 0.1) is 12.5 Å². The van der Waals surface area contributed by atoms with Gasteiger partial charge in [-0.3, -0.25) is 4.79 Å². The van der Waals surface area contributed by atoms with Crippen molar-refractivity contribution < 1.29 is 19.8 Å². The van der Waals surface area contributed by atoms with Gasteiger partial charge in [0, 0.05) is 0 Å². The van der Waals surface area contributed by atoms with E-state index in [2.05, 4.69) is 5.32 Å². The monoisotopic (exact) mass is 287 g/mol. The van der Waals surface area contributed by atoms with E-state index in [1.807, 2.05) is 42.5 Å². The molecule has 0 unspecified atom stereocenters. The minimum absolute atomic E-state index is 0.0673. The van der Waals surface area contributed by atoms with Crippen LogP contribution in [0.4, 0.5) is 0 Å². The van der Waals surface area contributed by atoms with E-state index in [1.165, 1.54) is 6.92 Å². The summed E-state index contributed by atoms with van der Waals surface area (Å²) in [7, 11) is 0. The van der Waals surface area contributed by atoms with Crippen LogP contribution >= 0.6 is 0 Å². The third-order valence-electron chi connectivity index (χ3n) is 3.30. The van der Waals surface area contributed by atoms with Crippen LogP contribution in [0.3, 0.4) is 0 Å². The highest BCUT2D eigenvalue weighted by Crippen LogP contribution is 2.18. The van der Waals surface area contributed by atoms with Gasteiger partial charge >= 0.3 is 5.97 Å². The number of amides is 1. The van der Waals surface area contributed by atoms with E-state index in [0.29, 0.717) is 0 Å². The number of aliphatic hydroxyl groups excluding tert-OH is 1. The summed E-state index contributed by atoms with van der Waals surface area (Å²) in [6.07, 6.45) is -1.09. The second-order valence-corrected chi connectivity index (χ2v) is 4.94. The molecule has 2 rings (SSSR count). The van der Waals surface area contributed by atoms with Gasteiger partial charge in [0.1, 0.15) is 0 Å². The Morgan fingerprint density at radius 2 is 1.81 bits per heavy atom. The van der Waals surface area contributed by atoms with Crippen molar-refractivity contribution in [2.24, 2.45) is 0 Å². The Balaban J connectivity index is 2.17. The van der Waals surface area contributed by atoms with Gasteiger partial charge in [0.25, 0.3) is 0 Å². The molecule has 0 bridgehead atoms. The molecule has 0 aliphatic rings. The number of rotatable bonds is 5. The second kappa shape index (κ2) is 6.37. The number of fused-ring (bicyclic) bond motifs is 1. The fourth-order valence-corrected chi connectivity index (χ4v) is 2.23. The Kier molecular flexibility index (Phi) is 4.55. The maximum atomic E-state index is 12.0. The summed E-state index contributed by atoms with van der Waals surface area (Å²) in [6.45, 7) is 1.33. The SMILES string of the molecule is C[C@@H](O)[C@H](NC(=O)Cc1cccc2ccccc12)C(=O)O. The number of carboxylic acid groups (broad SMARTS) is 1. The van der Waals surface area contributed by atoms with Gasteiger partial charge in [0.2, 0.25) is 5.91 Å². The zero-order valence-corrected chi connectivity index (χ0v) is 11.6. The lowest BCUT2D eigenvalue weighted by Crippen LogP contribution is -2.48. The molecule has 2 aromatic rings. The second-order valence-electron chi connectivity index (χ2n) is 4.94. The molecule has 3 N–H and O–H groups in total. The molecule has 110 valence electrons. The maximum absolute atomic E-state index is 12.0. The molecule has 0 spiro atoms. The van der Waals surface area contributed by atoms with Gasteiger partial charge in [-0.05, 0) is 23.3 Å². The molecule has 0 aromatic heterocycles. The highest BCUT2D eigenvalue weighted by molar-refractivity contribution is 5.91. The van der Waals surface area contributed by atoms with E-state index in [4.69, 9.17) is 5.11 Å². The number of benzene rings is 2. The molecule has 1 amide bonds. The van der Waals surface area contributed by atoms with Crippen molar-refractivity contribution in [3.8, 4) is 0 Å². The number of carbonyl (C=O) groups excluding carboxylic acids is 1. The lowest BCUT2D eigenvalue weighted by Gasteiger charge is -2.17. The van der Waals surface area contributed by atoms with Gasteiger partial charge in [-0.2, -0.15) is 0 Å². The summed E-state index contributed by atoms with van der Waals surface area (Å²) in [5.74, 6) is -1.68. The Morgan fingerprint density at radius 3 is 2.48 bits per heavy atom. The highest BCUT2D eigenvalue weighted by atomic mass is 16.4. The lowest BCUT2D eigenvalue weighted by molar-refractivity contribution is -0.144. The Labute approximate surface area is 122 Å². The van der Waals surface area contributed by atoms with E-state index < -0.39 is 24.0 Å². The van der Waals surface area contributed by atoms with Crippen molar-refractivity contribution in [3.05, 3.63) is 48.0 Å². The largest absolute Gasteiger partial charge is 0.480 e. The number of nitrogens with one attached hydrogen (secondary N) is 1. The standard InChI is InChI=1S/C16H17NO4/c1-10(18)15(16(20)21)17-14(19)9-12-7-4-6-11-5-2-3-8-13(11)12/h2-8,10,15,18H,9H2,1H3,(H,17,19)(H,20,21)/t10-,15+/m1/s1. The van der Waals surface area contributed by atoms with Crippen LogP contribution in [0.25, 0.3) is 10.8 Å². The number of carboxylic acids is 1. The van der Waals surface area contributed by atoms with Crippen LogP contribution < -0.4 is 5.32 Å². The summed E-state index contributed by atoms with van der Waals surface area (Å²) in [4.78, 5) is 23.0. The van der Waals surface area contributed by atoms with Gasteiger partial charge < -0.3 is 15.5 Å². The normalized spacial score (nSPS) is 13.6. The van der Waals surface area contributed by atoms with Crippen LogP contribution in [0.15, 0.2) is 42.5 Å². The molecular formula is C16H17NO4. The zero-order chi connectivity index (χ0) is 15.4. The molecule has 2 atom stereocenters. The first kappa shape index (κ1) is 15.0. The fraction of sp³-hybridized carbons (Fsp3) is 0.250. The Morgan fingerprint density at radius 1 is 1.14 bits per heavy atom. The topological polar surface area (TPSA) is 86.6 Å². The van der Waals surface area contributed by atoms with Crippen LogP contribution in [-0.4, -0.2) is 34.2 Å². The summed E-state index contributed by atoms with van der Waals surface area (Å²) >= 11 is 0. The number of aliphatic carboxylic acids is 1. The van der Waals surface area contributed by atoms with Crippen molar-refractivity contribution >= 4 is 22.6 Å². The molecule has 2 aromatic carbocycles. The van der Waals surface area contributed by atoms with Crippen molar-refractivity contribution in [2.45, 2.75) is 25.5 Å². The van der Waals surface area contributed by atoms with Crippen molar-refractivity contribution in [3.63, 3.8) is 0 Å². The van der Waals surface area contributed by atoms with Crippen molar-refractivity contribution in [1.29, 1.82) is 0 Å². The Bertz CT molecular complexity index is 661. The molecular weight excluding hydrogens is 270 g/mol. The molecule has 0 aliphatic heterocycles. The summed E-state index contributed by atoms with van der Waals surface area (Å²) in [6, 6.07) is 12.0. The maximum Gasteiger partial charge on any atom is 0.328 e. The van der Waals surface area contributed by atoms with Crippen LogP contribution in [0.1, 0.15) is 12.5 Å². The van der Waals surface area contributed by atoms with Crippen LogP contribution in [0, 0.1) is 0 Å². The average molecular weight is 287 g/mol. The summed E-state index contributed by atoms with van der Waals surface area (Å²) in [5.41, 5.74) is 0.820. The van der Waals surface area contributed by atoms with Crippen molar-refractivity contribution in [1.82, 2.24) is 5.32 Å². The summed E-state index contributed by atoms with van der Waals surface area (Å²) < 4.78 is 0. The Hall–Kier alpha value is -2.40. The van der Waals surface area contributed by atoms with E-state index >= 15 is 0 Å². The average Bonchev–Trinajstić information content (AvgIpc) is 2.44. The van der Waals surface area contributed by atoms with E-state index in [0.717, 1.165) is 16.3 Å². The van der Waals surface area contributed by atoms with Gasteiger partial charge in [-0.1, -0.05) is 42.5 Å². The summed E-state index contributed by atoms with van der Waals surface area (Å²) in [5, 5.41) is 22.6. The third kappa shape index (κ3) is 3.58. The van der Waals surface area contributed by atoms with E-state index in [-0.39, 0.29) is 6.42 Å². The van der Waals surface area contributed by atoms with Gasteiger partial charge in [-0.15, -0.1) is 0 Å². The van der Waals surface area contributed by atoms with Crippen molar-refractivity contribution in [2.75, 3.05) is 0 Å². The quantitative estimate of drug-likeness (QED) is 0.774. The number of hydrogen-bond donors (Lipinski definition) is 3. The molecule has 5 nitrogen and oxygen atoms in total. The van der Waals surface area contributed by atoms with Crippen LogP contribution in [0.2, 0.25) is 0 Å². The number of aliphatic hydroxyl groups is 1. The first-order valence-corrected chi connectivity index (χ1v) is 6.66. The smallest absolute Gasteiger partial charge is 0.328 e. The molecule has 21 heavy (non-hydrogen) atoms. The first-order valence-electron chi connectivity index (χ1n) is 6.66. The molecule has 0 aliphatic carbocycles. The minimum atomic E-state index is -1.30. The predicted octanol–water partition coefficient (Wildman–Crippen LogP) is 1.33. The number of carbonyl (C=O) groups is 2. The molecule has 0 fully saturated rings. The lowest BCUT2D eigenvalue weighted by atomic mass is 10.0. The van der Waals surface area contributed by atoms with E-state index in [1.54, 1.807) is 0 Å². The fourth-order valence-electron chi connectivity index (χ4n) is 2.23. The van der Waals surface area contributed by atoms with E-state index in [9.17, 15) is 14.7 Å². The van der Waals surface area contributed by atoms with Gasteiger partial charge in [0.15, 0.2) is 6.04 Å². The third-order valence-corrected chi connectivity index (χ3v) is 3.30. The predicted molar refractivity (Wildman–Crippen MR) is 78.9 cm³/mol. The van der Waals surface area contributed by atoms with Crippen LogP contribution in [-0.2, 0) is 16.0 Å². The minimum Gasteiger partial charge on any atom is -0.480 e. The van der Waals surface area contributed by atoms with Crippen LogP contribution in [0.5, 0.6) is 0 Å².